The number of hydrogen-bond donors (Lipinski definition) is 0. The lowest BCUT2D eigenvalue weighted by Gasteiger charge is -2.35. The molecule has 2 unspecified atom stereocenters. The number of aromatic nitrogens is 2. The molecule has 2 aromatic carbocycles. The molecule has 7 heteroatoms. The van der Waals surface area contributed by atoms with Crippen molar-refractivity contribution in [1.82, 2.24) is 14.7 Å². The molecular formula is C24H27N3O4. The number of carbonyl (C=O) groups is 1. The minimum atomic E-state index is -0.0721. The predicted octanol–water partition coefficient (Wildman–Crippen LogP) is 3.81. The van der Waals surface area contributed by atoms with Gasteiger partial charge in [-0.1, -0.05) is 18.2 Å². The summed E-state index contributed by atoms with van der Waals surface area (Å²) in [6.07, 6.45) is -0.0242. The number of benzene rings is 2. The Labute approximate surface area is 182 Å². The van der Waals surface area contributed by atoms with Crippen molar-refractivity contribution in [3.05, 3.63) is 60.3 Å². The zero-order valence-corrected chi connectivity index (χ0v) is 18.2. The van der Waals surface area contributed by atoms with Crippen molar-refractivity contribution in [2.24, 2.45) is 0 Å². The van der Waals surface area contributed by atoms with Gasteiger partial charge in [0, 0.05) is 24.7 Å². The van der Waals surface area contributed by atoms with Gasteiger partial charge in [0.2, 0.25) is 0 Å². The lowest BCUT2D eigenvalue weighted by Crippen LogP contribution is -2.48. The molecule has 2 atom stereocenters. The maximum Gasteiger partial charge on any atom is 0.272 e. The Morgan fingerprint density at radius 2 is 1.71 bits per heavy atom. The fourth-order valence-corrected chi connectivity index (χ4v) is 3.95. The summed E-state index contributed by atoms with van der Waals surface area (Å²) in [6, 6.07) is 17.0. The van der Waals surface area contributed by atoms with Gasteiger partial charge in [0.1, 0.15) is 17.2 Å². The SMILES string of the molecule is COc1ccc(-c2cc(C(=O)N3CC(C)OC(C)C3)n(-c3ccccc3)n2)c(OC)c1. The van der Waals surface area contributed by atoms with Crippen LogP contribution in [-0.4, -0.2) is 60.1 Å². The smallest absolute Gasteiger partial charge is 0.272 e. The summed E-state index contributed by atoms with van der Waals surface area (Å²) in [5, 5.41) is 4.79. The highest BCUT2D eigenvalue weighted by atomic mass is 16.5. The molecule has 1 aliphatic rings. The molecule has 0 spiro atoms. The summed E-state index contributed by atoms with van der Waals surface area (Å²) >= 11 is 0. The maximum atomic E-state index is 13.5. The molecule has 0 N–H and O–H groups in total. The Morgan fingerprint density at radius 3 is 2.35 bits per heavy atom. The fraction of sp³-hybridized carbons (Fsp3) is 0.333. The van der Waals surface area contributed by atoms with Gasteiger partial charge in [-0.15, -0.1) is 0 Å². The monoisotopic (exact) mass is 421 g/mol. The summed E-state index contributed by atoms with van der Waals surface area (Å²) in [5.41, 5.74) is 2.76. The van der Waals surface area contributed by atoms with E-state index in [-0.39, 0.29) is 18.1 Å². The summed E-state index contributed by atoms with van der Waals surface area (Å²) < 4.78 is 18.4. The molecule has 0 bridgehead atoms. The number of para-hydroxylation sites is 1. The standard InChI is InChI=1S/C24H27N3O4/c1-16-14-26(15-17(2)31-16)24(28)22-13-21(25-27(22)18-8-6-5-7-9-18)20-11-10-19(29-3)12-23(20)30-4/h5-13,16-17H,14-15H2,1-4H3. The highest BCUT2D eigenvalue weighted by molar-refractivity contribution is 5.94. The third kappa shape index (κ3) is 4.27. The van der Waals surface area contributed by atoms with Gasteiger partial charge in [-0.25, -0.2) is 4.68 Å². The number of carbonyl (C=O) groups excluding carboxylic acids is 1. The molecule has 3 aromatic rings. The Balaban J connectivity index is 1.80. The number of ether oxygens (including phenoxy) is 3. The van der Waals surface area contributed by atoms with E-state index < -0.39 is 0 Å². The molecule has 4 rings (SSSR count). The number of hydrogen-bond acceptors (Lipinski definition) is 5. The minimum Gasteiger partial charge on any atom is -0.497 e. The van der Waals surface area contributed by atoms with Crippen LogP contribution in [0.3, 0.4) is 0 Å². The van der Waals surface area contributed by atoms with Gasteiger partial charge in [-0.3, -0.25) is 4.79 Å². The topological polar surface area (TPSA) is 65.8 Å². The first-order valence-electron chi connectivity index (χ1n) is 10.3. The van der Waals surface area contributed by atoms with Crippen molar-refractivity contribution in [3.63, 3.8) is 0 Å². The number of nitrogens with zero attached hydrogens (tertiary/aromatic N) is 3. The van der Waals surface area contributed by atoms with E-state index in [1.807, 2.05) is 73.3 Å². The van der Waals surface area contributed by atoms with Crippen molar-refractivity contribution in [1.29, 1.82) is 0 Å². The van der Waals surface area contributed by atoms with Crippen molar-refractivity contribution in [2.45, 2.75) is 26.1 Å². The molecule has 2 heterocycles. The van der Waals surface area contributed by atoms with Gasteiger partial charge in [0.05, 0.1) is 37.8 Å². The van der Waals surface area contributed by atoms with E-state index in [1.165, 1.54) is 0 Å². The predicted molar refractivity (Wildman–Crippen MR) is 118 cm³/mol. The molecule has 0 radical (unpaired) electrons. The summed E-state index contributed by atoms with van der Waals surface area (Å²) in [4.78, 5) is 15.4. The van der Waals surface area contributed by atoms with Gasteiger partial charge < -0.3 is 19.1 Å². The lowest BCUT2D eigenvalue weighted by molar-refractivity contribution is -0.0588. The zero-order valence-electron chi connectivity index (χ0n) is 18.2. The molecule has 0 saturated carbocycles. The van der Waals surface area contributed by atoms with Crippen LogP contribution >= 0.6 is 0 Å². The molecule has 0 aliphatic carbocycles. The van der Waals surface area contributed by atoms with Crippen LogP contribution in [0.1, 0.15) is 24.3 Å². The van der Waals surface area contributed by atoms with Gasteiger partial charge >= 0.3 is 0 Å². The number of rotatable bonds is 5. The average molecular weight is 421 g/mol. The van der Waals surface area contributed by atoms with Crippen molar-refractivity contribution >= 4 is 5.91 Å². The van der Waals surface area contributed by atoms with E-state index in [9.17, 15) is 4.79 Å². The largest absolute Gasteiger partial charge is 0.497 e. The first-order chi connectivity index (χ1) is 15.0. The Morgan fingerprint density at radius 1 is 1.00 bits per heavy atom. The van der Waals surface area contributed by atoms with Gasteiger partial charge in [0.15, 0.2) is 0 Å². The molecule has 1 fully saturated rings. The van der Waals surface area contributed by atoms with E-state index in [1.54, 1.807) is 18.9 Å². The first-order valence-corrected chi connectivity index (χ1v) is 10.3. The van der Waals surface area contributed by atoms with E-state index in [0.717, 1.165) is 11.3 Å². The Hall–Kier alpha value is -3.32. The second-order valence-electron chi connectivity index (χ2n) is 7.70. The molecule has 31 heavy (non-hydrogen) atoms. The van der Waals surface area contributed by atoms with E-state index in [4.69, 9.17) is 19.3 Å². The fourth-order valence-electron chi connectivity index (χ4n) is 3.95. The summed E-state index contributed by atoms with van der Waals surface area (Å²) in [5.74, 6) is 1.25. The Kier molecular flexibility index (Phi) is 5.95. The highest BCUT2D eigenvalue weighted by Crippen LogP contribution is 2.34. The molecule has 1 aliphatic heterocycles. The van der Waals surface area contributed by atoms with Crippen LogP contribution in [0.4, 0.5) is 0 Å². The van der Waals surface area contributed by atoms with Crippen LogP contribution in [0.15, 0.2) is 54.6 Å². The van der Waals surface area contributed by atoms with E-state index in [2.05, 4.69) is 0 Å². The van der Waals surface area contributed by atoms with Crippen LogP contribution in [-0.2, 0) is 4.74 Å². The average Bonchev–Trinajstić information content (AvgIpc) is 3.23. The Bertz CT molecular complexity index is 1050. The van der Waals surface area contributed by atoms with Gasteiger partial charge in [-0.05, 0) is 44.2 Å². The number of morpholine rings is 1. The summed E-state index contributed by atoms with van der Waals surface area (Å²) in [6.45, 7) is 5.06. The van der Waals surface area contributed by atoms with Crippen molar-refractivity contribution < 1.29 is 19.0 Å². The molecule has 162 valence electrons. The summed E-state index contributed by atoms with van der Waals surface area (Å²) in [7, 11) is 3.22. The van der Waals surface area contributed by atoms with Crippen LogP contribution in [0.5, 0.6) is 11.5 Å². The van der Waals surface area contributed by atoms with Crippen LogP contribution in [0, 0.1) is 0 Å². The quantitative estimate of drug-likeness (QED) is 0.627. The van der Waals surface area contributed by atoms with E-state index >= 15 is 0 Å². The zero-order chi connectivity index (χ0) is 22.0. The number of methoxy groups -OCH3 is 2. The van der Waals surface area contributed by atoms with Crippen LogP contribution < -0.4 is 9.47 Å². The highest BCUT2D eigenvalue weighted by Gasteiger charge is 2.29. The lowest BCUT2D eigenvalue weighted by atomic mass is 10.1. The van der Waals surface area contributed by atoms with Gasteiger partial charge in [-0.2, -0.15) is 5.10 Å². The molecular weight excluding hydrogens is 394 g/mol. The van der Waals surface area contributed by atoms with Crippen molar-refractivity contribution in [2.75, 3.05) is 27.3 Å². The molecule has 1 aromatic heterocycles. The second-order valence-corrected chi connectivity index (χ2v) is 7.70. The van der Waals surface area contributed by atoms with Crippen LogP contribution in [0.2, 0.25) is 0 Å². The third-order valence-electron chi connectivity index (χ3n) is 5.32. The van der Waals surface area contributed by atoms with E-state index in [0.29, 0.717) is 36.0 Å². The molecule has 1 saturated heterocycles. The van der Waals surface area contributed by atoms with Crippen molar-refractivity contribution in [3.8, 4) is 28.4 Å². The number of amides is 1. The first kappa shape index (κ1) is 20.9. The maximum absolute atomic E-state index is 13.5. The normalized spacial score (nSPS) is 18.6. The minimum absolute atomic E-state index is 0.0121. The second kappa shape index (κ2) is 8.81. The third-order valence-corrected chi connectivity index (χ3v) is 5.32. The van der Waals surface area contributed by atoms with Crippen LogP contribution in [0.25, 0.3) is 16.9 Å². The molecule has 7 nitrogen and oxygen atoms in total. The molecule has 1 amide bonds. The van der Waals surface area contributed by atoms with Gasteiger partial charge in [0.25, 0.3) is 5.91 Å².